The van der Waals surface area contributed by atoms with Gasteiger partial charge in [0.2, 0.25) is 0 Å². The Bertz CT molecular complexity index is 207. The molecule has 0 fully saturated rings. The van der Waals surface area contributed by atoms with Gasteiger partial charge >= 0.3 is 0 Å². The summed E-state index contributed by atoms with van der Waals surface area (Å²) in [7, 11) is 0. The van der Waals surface area contributed by atoms with Gasteiger partial charge in [0.25, 0.3) is 0 Å². The third-order valence-electron chi connectivity index (χ3n) is 3.86. The smallest absolute Gasteiger partial charge is 0.0689 e. The van der Waals surface area contributed by atoms with E-state index in [4.69, 9.17) is 0 Å². The number of unbranched alkanes of at least 4 members (excludes halogenated alkanes) is 12. The third-order valence-corrected chi connectivity index (χ3v) is 4.45. The molecule has 2 nitrogen and oxygen atoms in total. The zero-order chi connectivity index (χ0) is 15.4. The first-order valence-corrected chi connectivity index (χ1v) is 10.6. The number of hydrogen-bond acceptors (Lipinski definition) is 3. The van der Waals surface area contributed by atoms with Gasteiger partial charge < -0.3 is 0 Å². The summed E-state index contributed by atoms with van der Waals surface area (Å²) < 4.78 is 0. The van der Waals surface area contributed by atoms with E-state index in [1.165, 1.54) is 83.5 Å². The summed E-state index contributed by atoms with van der Waals surface area (Å²) >= 11 is 1.84. The monoisotopic (exact) mass is 314 g/mol. The van der Waals surface area contributed by atoms with Crippen LogP contribution in [0.1, 0.15) is 90.4 Å². The quantitative estimate of drug-likeness (QED) is 0.212. The molecule has 0 aromatic heterocycles. The third kappa shape index (κ3) is 19.9. The van der Waals surface area contributed by atoms with Crippen LogP contribution in [0.3, 0.4) is 0 Å². The molecule has 0 bridgehead atoms. The summed E-state index contributed by atoms with van der Waals surface area (Å²) in [5, 5.41) is 8.37. The van der Waals surface area contributed by atoms with Crippen LogP contribution < -0.4 is 0 Å². The molecule has 0 N–H and O–H groups in total. The first-order valence-electron chi connectivity index (χ1n) is 9.24. The molecule has 0 saturated carbocycles. The second-order valence-electron chi connectivity index (χ2n) is 5.97. The van der Waals surface area contributed by atoms with Gasteiger partial charge in [-0.05, 0) is 12.7 Å². The Balaban J connectivity index is 2.98. The SMILES string of the molecule is CCCCCCCCCCCCCCCN=NCCSC. The second-order valence-corrected chi connectivity index (χ2v) is 6.95. The standard InChI is InChI=1S/C18H38N2S/c1-3-4-5-6-7-8-9-10-11-12-13-14-15-16-19-20-17-18-21-2/h3-18H2,1-2H3. The van der Waals surface area contributed by atoms with Crippen LogP contribution in [0.2, 0.25) is 0 Å². The molecule has 0 aliphatic carbocycles. The van der Waals surface area contributed by atoms with E-state index in [1.54, 1.807) is 0 Å². The average Bonchev–Trinajstić information content (AvgIpc) is 2.50. The highest BCUT2D eigenvalue weighted by Crippen LogP contribution is 2.12. The Morgan fingerprint density at radius 1 is 0.571 bits per heavy atom. The van der Waals surface area contributed by atoms with Crippen LogP contribution in [0.15, 0.2) is 10.2 Å². The van der Waals surface area contributed by atoms with Crippen molar-refractivity contribution in [2.45, 2.75) is 90.4 Å². The van der Waals surface area contributed by atoms with Crippen molar-refractivity contribution in [1.29, 1.82) is 0 Å². The van der Waals surface area contributed by atoms with Crippen molar-refractivity contribution in [1.82, 2.24) is 0 Å². The minimum atomic E-state index is 0.889. The number of hydrogen-bond donors (Lipinski definition) is 0. The first kappa shape index (κ1) is 20.9. The highest BCUT2D eigenvalue weighted by Gasteiger charge is 1.93. The number of rotatable bonds is 17. The van der Waals surface area contributed by atoms with Crippen molar-refractivity contribution in [3.63, 3.8) is 0 Å². The van der Waals surface area contributed by atoms with Crippen molar-refractivity contribution in [2.75, 3.05) is 25.1 Å². The molecule has 0 heterocycles. The number of azo groups is 1. The van der Waals surface area contributed by atoms with E-state index in [9.17, 15) is 0 Å². The molecule has 126 valence electrons. The van der Waals surface area contributed by atoms with E-state index < -0.39 is 0 Å². The van der Waals surface area contributed by atoms with E-state index in [0.717, 1.165) is 18.8 Å². The lowest BCUT2D eigenvalue weighted by Gasteiger charge is -2.02. The van der Waals surface area contributed by atoms with Gasteiger partial charge in [-0.25, -0.2) is 0 Å². The Kier molecular flexibility index (Phi) is 19.9. The summed E-state index contributed by atoms with van der Waals surface area (Å²) in [6.07, 6.45) is 20.4. The lowest BCUT2D eigenvalue weighted by atomic mass is 10.0. The van der Waals surface area contributed by atoms with E-state index in [-0.39, 0.29) is 0 Å². The van der Waals surface area contributed by atoms with E-state index in [0.29, 0.717) is 0 Å². The molecule has 0 saturated heterocycles. The van der Waals surface area contributed by atoms with Gasteiger partial charge in [0, 0.05) is 5.75 Å². The zero-order valence-electron chi connectivity index (χ0n) is 14.6. The van der Waals surface area contributed by atoms with Crippen LogP contribution in [0, 0.1) is 0 Å². The lowest BCUT2D eigenvalue weighted by molar-refractivity contribution is 0.539. The number of nitrogens with zero attached hydrogens (tertiary/aromatic N) is 2. The van der Waals surface area contributed by atoms with Gasteiger partial charge in [-0.3, -0.25) is 0 Å². The molecule has 0 unspecified atom stereocenters. The Morgan fingerprint density at radius 2 is 1.00 bits per heavy atom. The molecule has 0 aliphatic rings. The van der Waals surface area contributed by atoms with Crippen LogP contribution in [0.5, 0.6) is 0 Å². The summed E-state index contributed by atoms with van der Waals surface area (Å²) in [6, 6.07) is 0. The predicted molar refractivity (Wildman–Crippen MR) is 98.7 cm³/mol. The molecule has 3 heteroatoms. The first-order chi connectivity index (χ1) is 10.4. The van der Waals surface area contributed by atoms with Crippen LogP contribution >= 0.6 is 11.8 Å². The highest BCUT2D eigenvalue weighted by atomic mass is 32.2. The summed E-state index contributed by atoms with van der Waals surface area (Å²) in [4.78, 5) is 0. The van der Waals surface area contributed by atoms with Crippen molar-refractivity contribution in [2.24, 2.45) is 10.2 Å². The summed E-state index contributed by atoms with van der Waals surface area (Å²) in [6.45, 7) is 4.11. The van der Waals surface area contributed by atoms with Crippen molar-refractivity contribution >= 4 is 11.8 Å². The second kappa shape index (κ2) is 19.9. The van der Waals surface area contributed by atoms with Crippen molar-refractivity contribution in [3.05, 3.63) is 0 Å². The maximum atomic E-state index is 4.21. The topological polar surface area (TPSA) is 24.7 Å². The fourth-order valence-electron chi connectivity index (χ4n) is 2.47. The minimum Gasteiger partial charge on any atom is -0.194 e. The maximum Gasteiger partial charge on any atom is 0.0689 e. The molecule has 21 heavy (non-hydrogen) atoms. The molecule has 0 radical (unpaired) electrons. The highest BCUT2D eigenvalue weighted by molar-refractivity contribution is 7.98. The Morgan fingerprint density at radius 3 is 1.48 bits per heavy atom. The van der Waals surface area contributed by atoms with Crippen LogP contribution in [-0.4, -0.2) is 25.1 Å². The molecule has 0 amide bonds. The molecule has 0 aromatic rings. The fourth-order valence-corrected chi connectivity index (χ4v) is 2.74. The summed E-state index contributed by atoms with van der Waals surface area (Å²) in [5.74, 6) is 1.10. The molecule has 0 aromatic carbocycles. The van der Waals surface area contributed by atoms with E-state index in [1.807, 2.05) is 11.8 Å². The van der Waals surface area contributed by atoms with Crippen molar-refractivity contribution < 1.29 is 0 Å². The largest absolute Gasteiger partial charge is 0.194 e. The van der Waals surface area contributed by atoms with Gasteiger partial charge in [0.05, 0.1) is 13.1 Å². The van der Waals surface area contributed by atoms with Crippen molar-refractivity contribution in [3.8, 4) is 0 Å². The van der Waals surface area contributed by atoms with Crippen LogP contribution in [0.25, 0.3) is 0 Å². The molecular weight excluding hydrogens is 276 g/mol. The molecule has 0 rings (SSSR count). The van der Waals surface area contributed by atoms with Gasteiger partial charge in [0.1, 0.15) is 0 Å². The lowest BCUT2D eigenvalue weighted by Crippen LogP contribution is -1.86. The predicted octanol–water partition coefficient (Wildman–Crippen LogP) is 6.89. The van der Waals surface area contributed by atoms with E-state index >= 15 is 0 Å². The Labute approximate surface area is 138 Å². The van der Waals surface area contributed by atoms with Crippen LogP contribution in [0.4, 0.5) is 0 Å². The fraction of sp³-hybridized carbons (Fsp3) is 1.00. The normalized spacial score (nSPS) is 11.5. The zero-order valence-corrected chi connectivity index (χ0v) is 15.4. The van der Waals surface area contributed by atoms with Gasteiger partial charge in [-0.15, -0.1) is 0 Å². The van der Waals surface area contributed by atoms with Crippen LogP contribution in [-0.2, 0) is 0 Å². The minimum absolute atomic E-state index is 0.889. The van der Waals surface area contributed by atoms with E-state index in [2.05, 4.69) is 23.4 Å². The van der Waals surface area contributed by atoms with Gasteiger partial charge in [-0.2, -0.15) is 22.0 Å². The average molecular weight is 315 g/mol. The van der Waals surface area contributed by atoms with Gasteiger partial charge in [-0.1, -0.05) is 84.0 Å². The van der Waals surface area contributed by atoms with Gasteiger partial charge in [0.15, 0.2) is 0 Å². The molecule has 0 aliphatic heterocycles. The molecule has 0 spiro atoms. The molecule has 0 atom stereocenters. The summed E-state index contributed by atoms with van der Waals surface area (Å²) in [5.41, 5.74) is 0. The molecular formula is C18H38N2S. The maximum absolute atomic E-state index is 4.21. The number of thioether (sulfide) groups is 1. The Hall–Kier alpha value is -0.0500.